The van der Waals surface area contributed by atoms with Gasteiger partial charge in [0.1, 0.15) is 5.82 Å². The van der Waals surface area contributed by atoms with E-state index in [1.165, 1.54) is 0 Å². The Bertz CT molecular complexity index is 339. The lowest BCUT2D eigenvalue weighted by molar-refractivity contribution is 0.199. The fourth-order valence-electron chi connectivity index (χ4n) is 1.78. The number of rotatable bonds is 6. The first-order valence-corrected chi connectivity index (χ1v) is 6.01. The lowest BCUT2D eigenvalue weighted by Gasteiger charge is -2.22. The number of aliphatic hydroxyl groups is 1. The first-order valence-electron chi connectivity index (χ1n) is 6.01. The van der Waals surface area contributed by atoms with Crippen LogP contribution < -0.4 is 4.90 Å². The number of aromatic nitrogens is 1. The molecule has 0 fully saturated rings. The van der Waals surface area contributed by atoms with Crippen LogP contribution in [0.3, 0.4) is 0 Å². The van der Waals surface area contributed by atoms with Gasteiger partial charge in [-0.25, -0.2) is 4.98 Å². The maximum atomic E-state index is 9.69. The number of aliphatic hydroxyl groups excluding tert-OH is 1. The summed E-state index contributed by atoms with van der Waals surface area (Å²) in [5.74, 6) is 0.876. The highest BCUT2D eigenvalue weighted by Gasteiger charge is 2.12. The lowest BCUT2D eigenvalue weighted by Crippen LogP contribution is -2.25. The SMILES string of the molecule is CC(O)c1cccnc1N(C)CCCN(C)C. The predicted octanol–water partition coefficient (Wildman–Crippen LogP) is 1.52. The van der Waals surface area contributed by atoms with Crippen LogP contribution in [0.15, 0.2) is 18.3 Å². The Morgan fingerprint density at radius 3 is 2.59 bits per heavy atom. The van der Waals surface area contributed by atoms with Gasteiger partial charge >= 0.3 is 0 Å². The third kappa shape index (κ3) is 4.32. The van der Waals surface area contributed by atoms with Crippen molar-refractivity contribution in [1.29, 1.82) is 0 Å². The van der Waals surface area contributed by atoms with Crippen LogP contribution in [0.1, 0.15) is 25.0 Å². The molecule has 0 aliphatic rings. The molecule has 4 nitrogen and oxygen atoms in total. The molecule has 0 bridgehead atoms. The fraction of sp³-hybridized carbons (Fsp3) is 0.615. The molecule has 0 saturated carbocycles. The molecule has 0 spiro atoms. The van der Waals surface area contributed by atoms with Crippen molar-refractivity contribution >= 4 is 5.82 Å². The minimum atomic E-state index is -0.477. The van der Waals surface area contributed by atoms with Crippen LogP contribution >= 0.6 is 0 Å². The summed E-state index contributed by atoms with van der Waals surface area (Å²) >= 11 is 0. The molecule has 1 heterocycles. The zero-order chi connectivity index (χ0) is 12.8. The largest absolute Gasteiger partial charge is 0.389 e. The van der Waals surface area contributed by atoms with Crippen LogP contribution in [0, 0.1) is 0 Å². The van der Waals surface area contributed by atoms with Crippen LogP contribution in [0.5, 0.6) is 0 Å². The highest BCUT2D eigenvalue weighted by molar-refractivity contribution is 5.46. The smallest absolute Gasteiger partial charge is 0.134 e. The molecular weight excluding hydrogens is 214 g/mol. The van der Waals surface area contributed by atoms with E-state index in [0.29, 0.717) is 0 Å². The first-order chi connectivity index (χ1) is 8.02. The van der Waals surface area contributed by atoms with Crippen molar-refractivity contribution in [2.45, 2.75) is 19.4 Å². The predicted molar refractivity (Wildman–Crippen MR) is 71.3 cm³/mol. The van der Waals surface area contributed by atoms with E-state index >= 15 is 0 Å². The topological polar surface area (TPSA) is 39.6 Å². The van der Waals surface area contributed by atoms with Gasteiger partial charge in [-0.05, 0) is 40.1 Å². The maximum absolute atomic E-state index is 9.69. The van der Waals surface area contributed by atoms with Crippen molar-refractivity contribution < 1.29 is 5.11 Å². The summed E-state index contributed by atoms with van der Waals surface area (Å²) in [6.45, 7) is 3.77. The van der Waals surface area contributed by atoms with Crippen molar-refractivity contribution in [2.75, 3.05) is 39.1 Å². The molecule has 1 unspecified atom stereocenters. The van der Waals surface area contributed by atoms with Gasteiger partial charge in [0.25, 0.3) is 0 Å². The Balaban J connectivity index is 2.65. The lowest BCUT2D eigenvalue weighted by atomic mass is 10.1. The van der Waals surface area contributed by atoms with Crippen molar-refractivity contribution in [3.05, 3.63) is 23.9 Å². The second-order valence-corrected chi connectivity index (χ2v) is 4.67. The van der Waals surface area contributed by atoms with Gasteiger partial charge in [-0.15, -0.1) is 0 Å². The molecule has 0 saturated heterocycles. The molecule has 0 aliphatic carbocycles. The second-order valence-electron chi connectivity index (χ2n) is 4.67. The zero-order valence-corrected chi connectivity index (χ0v) is 11.2. The molecule has 1 rings (SSSR count). The summed E-state index contributed by atoms with van der Waals surface area (Å²) in [5, 5.41) is 9.69. The van der Waals surface area contributed by atoms with Crippen LogP contribution in [0.4, 0.5) is 5.82 Å². The van der Waals surface area contributed by atoms with E-state index in [-0.39, 0.29) is 0 Å². The molecule has 1 aromatic rings. The molecule has 0 aliphatic heterocycles. The van der Waals surface area contributed by atoms with E-state index in [1.807, 2.05) is 19.2 Å². The van der Waals surface area contributed by atoms with Crippen molar-refractivity contribution in [2.24, 2.45) is 0 Å². The van der Waals surface area contributed by atoms with Crippen LogP contribution in [0.2, 0.25) is 0 Å². The number of hydrogen-bond acceptors (Lipinski definition) is 4. The summed E-state index contributed by atoms with van der Waals surface area (Å²) in [7, 11) is 6.16. The van der Waals surface area contributed by atoms with Gasteiger partial charge in [-0.3, -0.25) is 0 Å². The van der Waals surface area contributed by atoms with Gasteiger partial charge in [-0.2, -0.15) is 0 Å². The van der Waals surface area contributed by atoms with Gasteiger partial charge in [0.2, 0.25) is 0 Å². The summed E-state index contributed by atoms with van der Waals surface area (Å²) in [4.78, 5) is 8.62. The summed E-state index contributed by atoms with van der Waals surface area (Å²) in [6, 6.07) is 3.79. The van der Waals surface area contributed by atoms with Gasteiger partial charge < -0.3 is 14.9 Å². The Morgan fingerprint density at radius 2 is 2.00 bits per heavy atom. The monoisotopic (exact) mass is 237 g/mol. The fourth-order valence-corrected chi connectivity index (χ4v) is 1.78. The van der Waals surface area contributed by atoms with E-state index in [0.717, 1.165) is 30.9 Å². The van der Waals surface area contributed by atoms with Crippen LogP contribution in [-0.4, -0.2) is 49.2 Å². The Hall–Kier alpha value is -1.13. The molecule has 96 valence electrons. The number of hydrogen-bond donors (Lipinski definition) is 1. The van der Waals surface area contributed by atoms with E-state index in [2.05, 4.69) is 28.9 Å². The number of anilines is 1. The Kier molecular flexibility index (Phi) is 5.38. The third-order valence-corrected chi connectivity index (χ3v) is 2.73. The van der Waals surface area contributed by atoms with E-state index < -0.39 is 6.10 Å². The molecule has 0 aromatic carbocycles. The Morgan fingerprint density at radius 1 is 1.29 bits per heavy atom. The molecule has 1 N–H and O–H groups in total. The number of pyridine rings is 1. The summed E-state index contributed by atoms with van der Waals surface area (Å²) < 4.78 is 0. The molecule has 1 atom stereocenters. The molecule has 4 heteroatoms. The van der Waals surface area contributed by atoms with Crippen molar-refractivity contribution in [1.82, 2.24) is 9.88 Å². The van der Waals surface area contributed by atoms with E-state index in [4.69, 9.17) is 0 Å². The van der Waals surface area contributed by atoms with Crippen LogP contribution in [-0.2, 0) is 0 Å². The molecular formula is C13H23N3O. The summed E-state index contributed by atoms with van der Waals surface area (Å²) in [6.07, 6.45) is 2.37. The number of nitrogens with zero attached hydrogens (tertiary/aromatic N) is 3. The maximum Gasteiger partial charge on any atom is 0.134 e. The van der Waals surface area contributed by atoms with Gasteiger partial charge in [0.05, 0.1) is 6.10 Å². The molecule has 0 radical (unpaired) electrons. The Labute approximate surface area is 104 Å². The normalized spacial score (nSPS) is 12.8. The van der Waals surface area contributed by atoms with Gasteiger partial charge in [0.15, 0.2) is 0 Å². The average molecular weight is 237 g/mol. The molecule has 0 amide bonds. The highest BCUT2D eigenvalue weighted by atomic mass is 16.3. The average Bonchev–Trinajstić information content (AvgIpc) is 2.28. The van der Waals surface area contributed by atoms with Gasteiger partial charge in [0, 0.05) is 25.4 Å². The molecule has 17 heavy (non-hydrogen) atoms. The highest BCUT2D eigenvalue weighted by Crippen LogP contribution is 2.22. The third-order valence-electron chi connectivity index (χ3n) is 2.73. The zero-order valence-electron chi connectivity index (χ0n) is 11.2. The van der Waals surface area contributed by atoms with Gasteiger partial charge in [-0.1, -0.05) is 6.07 Å². The first kappa shape index (κ1) is 13.9. The quantitative estimate of drug-likeness (QED) is 0.814. The van der Waals surface area contributed by atoms with Crippen molar-refractivity contribution in [3.63, 3.8) is 0 Å². The van der Waals surface area contributed by atoms with Crippen molar-refractivity contribution in [3.8, 4) is 0 Å². The standard InChI is InChI=1S/C13H23N3O/c1-11(17)12-7-5-8-14-13(12)16(4)10-6-9-15(2)3/h5,7-8,11,17H,6,9-10H2,1-4H3. The second kappa shape index (κ2) is 6.57. The minimum absolute atomic E-state index is 0.477. The minimum Gasteiger partial charge on any atom is -0.389 e. The molecule has 1 aromatic heterocycles. The van der Waals surface area contributed by atoms with Crippen LogP contribution in [0.25, 0.3) is 0 Å². The summed E-state index contributed by atoms with van der Waals surface area (Å²) in [5.41, 5.74) is 0.889. The van der Waals surface area contributed by atoms with E-state index in [1.54, 1.807) is 13.1 Å². The van der Waals surface area contributed by atoms with E-state index in [9.17, 15) is 5.11 Å².